The molecular formula is C54H33NO2. The van der Waals surface area contributed by atoms with Crippen LogP contribution < -0.4 is 0 Å². The minimum atomic E-state index is 0.854. The highest BCUT2D eigenvalue weighted by Crippen LogP contribution is 2.43. The maximum Gasteiger partial charge on any atom is 0.143 e. The number of hydrogen-bond acceptors (Lipinski definition) is 2. The van der Waals surface area contributed by atoms with E-state index in [0.29, 0.717) is 0 Å². The van der Waals surface area contributed by atoms with Crippen LogP contribution >= 0.6 is 0 Å². The Labute approximate surface area is 328 Å². The zero-order valence-corrected chi connectivity index (χ0v) is 30.8. The van der Waals surface area contributed by atoms with Crippen LogP contribution in [-0.4, -0.2) is 4.57 Å². The zero-order chi connectivity index (χ0) is 37.5. The van der Waals surface area contributed by atoms with Crippen molar-refractivity contribution in [3.05, 3.63) is 200 Å². The van der Waals surface area contributed by atoms with Crippen molar-refractivity contribution in [3.8, 4) is 50.2 Å². The molecule has 0 aliphatic carbocycles. The lowest BCUT2D eigenvalue weighted by Crippen LogP contribution is -1.94. The second kappa shape index (κ2) is 12.5. The number of benzene rings is 9. The lowest BCUT2D eigenvalue weighted by molar-refractivity contribution is 0.669. The molecule has 0 aliphatic rings. The van der Waals surface area contributed by atoms with Gasteiger partial charge < -0.3 is 13.4 Å². The van der Waals surface area contributed by atoms with Crippen LogP contribution in [0.1, 0.15) is 0 Å². The summed E-state index contributed by atoms with van der Waals surface area (Å²) in [6.45, 7) is 0. The monoisotopic (exact) mass is 727 g/mol. The van der Waals surface area contributed by atoms with Gasteiger partial charge in [0.25, 0.3) is 0 Å². The Morgan fingerprint density at radius 2 is 0.860 bits per heavy atom. The summed E-state index contributed by atoms with van der Waals surface area (Å²) in [5.74, 6) is 0. The minimum Gasteiger partial charge on any atom is -0.456 e. The van der Waals surface area contributed by atoms with Gasteiger partial charge in [0.05, 0.1) is 22.1 Å². The highest BCUT2D eigenvalue weighted by molar-refractivity contribution is 6.19. The fourth-order valence-corrected chi connectivity index (χ4v) is 8.94. The van der Waals surface area contributed by atoms with E-state index in [1.807, 2.05) is 12.1 Å². The summed E-state index contributed by atoms with van der Waals surface area (Å²) < 4.78 is 15.6. The zero-order valence-electron chi connectivity index (χ0n) is 30.8. The number of para-hydroxylation sites is 3. The molecule has 9 aromatic carbocycles. The SMILES string of the molecule is c1ccc(-c2cccc(-c3cccc(-c4cccc(-c5cccc6c5oc5cccc(-n7c8ccccc8c8cc9c(cc87)oc7ccccc79)c56)c4)c3)c2)cc1. The molecule has 3 heteroatoms. The summed E-state index contributed by atoms with van der Waals surface area (Å²) in [5, 5.41) is 6.83. The lowest BCUT2D eigenvalue weighted by Gasteiger charge is -2.10. The first-order valence-electron chi connectivity index (χ1n) is 19.4. The van der Waals surface area contributed by atoms with Crippen molar-refractivity contribution in [1.82, 2.24) is 4.57 Å². The maximum absolute atomic E-state index is 6.85. The Bertz CT molecular complexity index is 3530. The van der Waals surface area contributed by atoms with E-state index in [9.17, 15) is 0 Å². The number of nitrogens with zero attached hydrogens (tertiary/aromatic N) is 1. The highest BCUT2D eigenvalue weighted by atomic mass is 16.3. The highest BCUT2D eigenvalue weighted by Gasteiger charge is 2.21. The standard InChI is InChI=1S/C54H33NO2/c1-2-13-34(14-3-1)35-15-8-16-36(29-35)37-17-9-18-38(30-37)39-19-10-20-40(31-39)41-23-11-24-44-53-48(26-12-28-51(53)57-54(41)44)55-47-25-6-4-21-42(47)45-32-46-43-22-5-7-27-50(43)56-52(46)33-49(45)55/h1-33H. The molecule has 0 atom stereocenters. The molecule has 0 bridgehead atoms. The van der Waals surface area contributed by atoms with E-state index in [-0.39, 0.29) is 0 Å². The Hall–Kier alpha value is -7.62. The summed E-state index contributed by atoms with van der Waals surface area (Å²) in [6, 6.07) is 71.4. The van der Waals surface area contributed by atoms with Crippen molar-refractivity contribution in [2.45, 2.75) is 0 Å². The molecule has 3 nitrogen and oxygen atoms in total. The molecule has 266 valence electrons. The molecule has 0 radical (unpaired) electrons. The average Bonchev–Trinajstić information content (AvgIpc) is 3.95. The lowest BCUT2D eigenvalue weighted by atomic mass is 9.94. The summed E-state index contributed by atoms with van der Waals surface area (Å²) in [6.07, 6.45) is 0. The van der Waals surface area contributed by atoms with E-state index >= 15 is 0 Å². The molecule has 3 heterocycles. The van der Waals surface area contributed by atoms with Crippen LogP contribution in [0.25, 0.3) is 116 Å². The molecule has 0 saturated heterocycles. The molecule has 0 N–H and O–H groups in total. The van der Waals surface area contributed by atoms with E-state index in [2.05, 4.69) is 193 Å². The van der Waals surface area contributed by atoms with Gasteiger partial charge in [0.1, 0.15) is 22.3 Å². The molecule has 0 amide bonds. The molecule has 3 aromatic heterocycles. The molecular weight excluding hydrogens is 695 g/mol. The van der Waals surface area contributed by atoms with Crippen molar-refractivity contribution in [2.75, 3.05) is 0 Å². The van der Waals surface area contributed by atoms with Gasteiger partial charge in [-0.2, -0.15) is 0 Å². The number of aromatic nitrogens is 1. The van der Waals surface area contributed by atoms with E-state index in [4.69, 9.17) is 8.83 Å². The molecule has 57 heavy (non-hydrogen) atoms. The van der Waals surface area contributed by atoms with Crippen LogP contribution in [0.5, 0.6) is 0 Å². The predicted molar refractivity (Wildman–Crippen MR) is 237 cm³/mol. The fraction of sp³-hybridized carbons (Fsp3) is 0. The number of hydrogen-bond donors (Lipinski definition) is 0. The largest absolute Gasteiger partial charge is 0.456 e. The van der Waals surface area contributed by atoms with E-state index < -0.39 is 0 Å². The third-order valence-corrected chi connectivity index (χ3v) is 11.6. The Kier molecular flexibility index (Phi) is 6.93. The maximum atomic E-state index is 6.85. The quantitative estimate of drug-likeness (QED) is 0.177. The predicted octanol–water partition coefficient (Wildman–Crippen LogP) is 15.3. The van der Waals surface area contributed by atoms with Gasteiger partial charge in [0, 0.05) is 38.6 Å². The fourth-order valence-electron chi connectivity index (χ4n) is 8.94. The third-order valence-electron chi connectivity index (χ3n) is 11.6. The van der Waals surface area contributed by atoms with Gasteiger partial charge >= 0.3 is 0 Å². The molecule has 0 fully saturated rings. The van der Waals surface area contributed by atoms with Crippen molar-refractivity contribution >= 4 is 65.7 Å². The van der Waals surface area contributed by atoms with Crippen molar-refractivity contribution in [3.63, 3.8) is 0 Å². The second-order valence-electron chi connectivity index (χ2n) is 14.9. The molecule has 0 unspecified atom stereocenters. The van der Waals surface area contributed by atoms with Crippen molar-refractivity contribution in [2.24, 2.45) is 0 Å². The van der Waals surface area contributed by atoms with Gasteiger partial charge in [-0.3, -0.25) is 0 Å². The third kappa shape index (κ3) is 4.99. The van der Waals surface area contributed by atoms with Crippen LogP contribution in [0.15, 0.2) is 209 Å². The van der Waals surface area contributed by atoms with Crippen LogP contribution in [0.4, 0.5) is 0 Å². The van der Waals surface area contributed by atoms with Crippen LogP contribution in [0.2, 0.25) is 0 Å². The molecule has 0 saturated carbocycles. The average molecular weight is 728 g/mol. The van der Waals surface area contributed by atoms with Gasteiger partial charge in [-0.05, 0) is 87.5 Å². The van der Waals surface area contributed by atoms with E-state index in [0.717, 1.165) is 77.3 Å². The first-order valence-corrected chi connectivity index (χ1v) is 19.4. The Balaban J connectivity index is 0.993. The number of fused-ring (bicyclic) bond motifs is 9. The second-order valence-corrected chi connectivity index (χ2v) is 14.9. The van der Waals surface area contributed by atoms with Crippen LogP contribution in [0.3, 0.4) is 0 Å². The number of furan rings is 2. The first-order chi connectivity index (χ1) is 28.2. The molecule has 12 aromatic rings. The molecule has 0 spiro atoms. The van der Waals surface area contributed by atoms with Gasteiger partial charge in [-0.25, -0.2) is 0 Å². The van der Waals surface area contributed by atoms with Crippen LogP contribution in [0, 0.1) is 0 Å². The smallest absolute Gasteiger partial charge is 0.143 e. The van der Waals surface area contributed by atoms with Gasteiger partial charge in [0.15, 0.2) is 0 Å². The van der Waals surface area contributed by atoms with E-state index in [1.54, 1.807) is 0 Å². The Morgan fingerprint density at radius 3 is 1.63 bits per heavy atom. The summed E-state index contributed by atoms with van der Waals surface area (Å²) in [7, 11) is 0. The number of rotatable bonds is 5. The summed E-state index contributed by atoms with van der Waals surface area (Å²) in [5.41, 5.74) is 16.1. The van der Waals surface area contributed by atoms with Gasteiger partial charge in [0.2, 0.25) is 0 Å². The van der Waals surface area contributed by atoms with Crippen molar-refractivity contribution < 1.29 is 8.83 Å². The topological polar surface area (TPSA) is 31.2 Å². The van der Waals surface area contributed by atoms with Gasteiger partial charge in [-0.1, -0.05) is 146 Å². The van der Waals surface area contributed by atoms with E-state index in [1.165, 1.54) is 38.6 Å². The first kappa shape index (κ1) is 31.7. The van der Waals surface area contributed by atoms with Gasteiger partial charge in [-0.15, -0.1) is 0 Å². The van der Waals surface area contributed by atoms with Crippen molar-refractivity contribution in [1.29, 1.82) is 0 Å². The summed E-state index contributed by atoms with van der Waals surface area (Å²) >= 11 is 0. The minimum absolute atomic E-state index is 0.854. The summed E-state index contributed by atoms with van der Waals surface area (Å²) in [4.78, 5) is 0. The van der Waals surface area contributed by atoms with Crippen LogP contribution in [-0.2, 0) is 0 Å². The molecule has 12 rings (SSSR count). The molecule has 0 aliphatic heterocycles. The Morgan fingerprint density at radius 1 is 0.298 bits per heavy atom. The normalized spacial score (nSPS) is 11.9.